The molecule has 50 valence electrons. The van der Waals surface area contributed by atoms with Crippen molar-refractivity contribution in [3.63, 3.8) is 0 Å². The Morgan fingerprint density at radius 1 is 1.22 bits per heavy atom. The maximum atomic E-state index is 2.41. The SMILES string of the molecule is CC1C=CC2CC2C1C. The van der Waals surface area contributed by atoms with Crippen LogP contribution in [-0.2, 0) is 0 Å². The van der Waals surface area contributed by atoms with Gasteiger partial charge in [-0.05, 0) is 30.1 Å². The molecule has 0 nitrogen and oxygen atoms in total. The first-order chi connectivity index (χ1) is 4.29. The van der Waals surface area contributed by atoms with Gasteiger partial charge in [0, 0.05) is 0 Å². The van der Waals surface area contributed by atoms with Crippen LogP contribution < -0.4 is 0 Å². The third-order valence-corrected chi connectivity index (χ3v) is 3.06. The normalized spacial score (nSPS) is 54.9. The molecule has 9 heavy (non-hydrogen) atoms. The summed E-state index contributed by atoms with van der Waals surface area (Å²) in [5, 5.41) is 0. The summed E-state index contributed by atoms with van der Waals surface area (Å²) in [5.41, 5.74) is 0. The molecule has 0 saturated heterocycles. The van der Waals surface area contributed by atoms with Crippen LogP contribution >= 0.6 is 0 Å². The van der Waals surface area contributed by atoms with Gasteiger partial charge in [0.1, 0.15) is 0 Å². The number of rotatable bonds is 0. The highest BCUT2D eigenvalue weighted by Gasteiger charge is 2.42. The summed E-state index contributed by atoms with van der Waals surface area (Å²) < 4.78 is 0. The van der Waals surface area contributed by atoms with E-state index in [-0.39, 0.29) is 0 Å². The van der Waals surface area contributed by atoms with Crippen LogP contribution in [0, 0.1) is 23.7 Å². The van der Waals surface area contributed by atoms with Crippen molar-refractivity contribution in [2.24, 2.45) is 23.7 Å². The van der Waals surface area contributed by atoms with Crippen LogP contribution in [-0.4, -0.2) is 0 Å². The fraction of sp³-hybridized carbons (Fsp3) is 0.778. The summed E-state index contributed by atoms with van der Waals surface area (Å²) in [7, 11) is 0. The maximum absolute atomic E-state index is 2.41. The summed E-state index contributed by atoms with van der Waals surface area (Å²) in [5.74, 6) is 3.84. The molecule has 0 aromatic heterocycles. The smallest absolute Gasteiger partial charge is 0.0199 e. The van der Waals surface area contributed by atoms with Crippen molar-refractivity contribution in [3.8, 4) is 0 Å². The molecule has 2 aliphatic rings. The maximum Gasteiger partial charge on any atom is -0.0199 e. The molecular formula is C9H14. The lowest BCUT2D eigenvalue weighted by molar-refractivity contribution is 0.381. The average molecular weight is 122 g/mol. The van der Waals surface area contributed by atoms with Gasteiger partial charge in [0.15, 0.2) is 0 Å². The van der Waals surface area contributed by atoms with Gasteiger partial charge >= 0.3 is 0 Å². The third kappa shape index (κ3) is 0.726. The Bertz CT molecular complexity index is 146. The zero-order valence-electron chi connectivity index (χ0n) is 6.17. The molecule has 2 rings (SSSR count). The molecule has 0 N–H and O–H groups in total. The molecule has 2 aliphatic carbocycles. The van der Waals surface area contributed by atoms with E-state index in [2.05, 4.69) is 26.0 Å². The largest absolute Gasteiger partial charge is 0.0851 e. The van der Waals surface area contributed by atoms with Gasteiger partial charge in [-0.2, -0.15) is 0 Å². The first-order valence-electron chi connectivity index (χ1n) is 3.97. The minimum atomic E-state index is 0.841. The van der Waals surface area contributed by atoms with E-state index in [9.17, 15) is 0 Å². The van der Waals surface area contributed by atoms with Gasteiger partial charge in [-0.1, -0.05) is 26.0 Å². The lowest BCUT2D eigenvalue weighted by Crippen LogP contribution is -2.11. The fourth-order valence-corrected chi connectivity index (χ4v) is 1.94. The van der Waals surface area contributed by atoms with Crippen LogP contribution in [0.15, 0.2) is 12.2 Å². The van der Waals surface area contributed by atoms with Crippen molar-refractivity contribution < 1.29 is 0 Å². The van der Waals surface area contributed by atoms with Crippen molar-refractivity contribution in [2.75, 3.05) is 0 Å². The molecule has 0 amide bonds. The Morgan fingerprint density at radius 2 is 2.00 bits per heavy atom. The second kappa shape index (κ2) is 1.62. The van der Waals surface area contributed by atoms with Crippen molar-refractivity contribution in [3.05, 3.63) is 12.2 Å². The van der Waals surface area contributed by atoms with Gasteiger partial charge in [0.05, 0.1) is 0 Å². The predicted molar refractivity (Wildman–Crippen MR) is 39.1 cm³/mol. The molecular weight excluding hydrogens is 108 g/mol. The quantitative estimate of drug-likeness (QED) is 0.433. The molecule has 0 spiro atoms. The molecule has 0 aromatic rings. The minimum Gasteiger partial charge on any atom is -0.0851 e. The van der Waals surface area contributed by atoms with Crippen molar-refractivity contribution >= 4 is 0 Å². The van der Waals surface area contributed by atoms with E-state index in [1.54, 1.807) is 0 Å². The van der Waals surface area contributed by atoms with Gasteiger partial charge in [-0.25, -0.2) is 0 Å². The van der Waals surface area contributed by atoms with E-state index < -0.39 is 0 Å². The Labute approximate surface area is 57.0 Å². The van der Waals surface area contributed by atoms with E-state index in [4.69, 9.17) is 0 Å². The van der Waals surface area contributed by atoms with Crippen molar-refractivity contribution in [1.29, 1.82) is 0 Å². The summed E-state index contributed by atoms with van der Waals surface area (Å²) in [4.78, 5) is 0. The van der Waals surface area contributed by atoms with E-state index in [1.807, 2.05) is 0 Å². The molecule has 0 aliphatic heterocycles. The van der Waals surface area contributed by atoms with Gasteiger partial charge < -0.3 is 0 Å². The molecule has 0 bridgehead atoms. The Kier molecular flexibility index (Phi) is 0.992. The van der Waals surface area contributed by atoms with Gasteiger partial charge in [0.2, 0.25) is 0 Å². The molecule has 0 heteroatoms. The van der Waals surface area contributed by atoms with E-state index in [0.29, 0.717) is 0 Å². The Balaban J connectivity index is 2.16. The Hall–Kier alpha value is -0.260. The topological polar surface area (TPSA) is 0 Å². The zero-order chi connectivity index (χ0) is 6.43. The molecule has 4 unspecified atom stereocenters. The summed E-state index contributed by atoms with van der Waals surface area (Å²) in [6, 6.07) is 0. The first-order valence-corrected chi connectivity index (χ1v) is 3.97. The number of allylic oxidation sites excluding steroid dienone is 2. The third-order valence-electron chi connectivity index (χ3n) is 3.06. The number of hydrogen-bond acceptors (Lipinski definition) is 0. The summed E-state index contributed by atoms with van der Waals surface area (Å²) in [6.45, 7) is 4.72. The first kappa shape index (κ1) is 5.52. The molecule has 1 fully saturated rings. The Morgan fingerprint density at radius 3 is 2.67 bits per heavy atom. The average Bonchev–Trinajstić information content (AvgIpc) is 2.58. The highest BCUT2D eigenvalue weighted by atomic mass is 14.5. The van der Waals surface area contributed by atoms with E-state index in [1.165, 1.54) is 6.42 Å². The number of fused-ring (bicyclic) bond motifs is 1. The van der Waals surface area contributed by atoms with Crippen LogP contribution in [0.2, 0.25) is 0 Å². The highest BCUT2D eigenvalue weighted by Crippen LogP contribution is 2.50. The van der Waals surface area contributed by atoms with Gasteiger partial charge in [-0.15, -0.1) is 0 Å². The highest BCUT2D eigenvalue weighted by molar-refractivity contribution is 5.11. The summed E-state index contributed by atoms with van der Waals surface area (Å²) >= 11 is 0. The van der Waals surface area contributed by atoms with Gasteiger partial charge in [-0.3, -0.25) is 0 Å². The monoisotopic (exact) mass is 122 g/mol. The van der Waals surface area contributed by atoms with Crippen LogP contribution in [0.3, 0.4) is 0 Å². The molecule has 0 heterocycles. The zero-order valence-corrected chi connectivity index (χ0v) is 6.17. The van der Waals surface area contributed by atoms with Crippen molar-refractivity contribution in [2.45, 2.75) is 20.3 Å². The van der Waals surface area contributed by atoms with E-state index in [0.717, 1.165) is 23.7 Å². The molecule has 4 atom stereocenters. The van der Waals surface area contributed by atoms with Crippen LogP contribution in [0.4, 0.5) is 0 Å². The second-order valence-corrected chi connectivity index (χ2v) is 3.67. The van der Waals surface area contributed by atoms with Crippen LogP contribution in [0.25, 0.3) is 0 Å². The van der Waals surface area contributed by atoms with Crippen LogP contribution in [0.5, 0.6) is 0 Å². The van der Waals surface area contributed by atoms with E-state index >= 15 is 0 Å². The molecule has 0 radical (unpaired) electrons. The fourth-order valence-electron chi connectivity index (χ4n) is 1.94. The predicted octanol–water partition coefficient (Wildman–Crippen LogP) is 2.46. The lowest BCUT2D eigenvalue weighted by Gasteiger charge is -2.19. The number of hydrogen-bond donors (Lipinski definition) is 0. The second-order valence-electron chi connectivity index (χ2n) is 3.67. The standard InChI is InChI=1S/C9H14/c1-6-3-4-8-5-9(8)7(6)2/h3-4,6-9H,5H2,1-2H3. The van der Waals surface area contributed by atoms with Crippen LogP contribution in [0.1, 0.15) is 20.3 Å². The van der Waals surface area contributed by atoms with Gasteiger partial charge in [0.25, 0.3) is 0 Å². The molecule has 1 saturated carbocycles. The van der Waals surface area contributed by atoms with Crippen molar-refractivity contribution in [1.82, 2.24) is 0 Å². The lowest BCUT2D eigenvalue weighted by atomic mass is 9.86. The summed E-state index contributed by atoms with van der Waals surface area (Å²) in [6.07, 6.45) is 6.27. The minimum absolute atomic E-state index is 0.841. The molecule has 0 aromatic carbocycles.